The number of thiophene rings is 1. The van der Waals surface area contributed by atoms with Gasteiger partial charge in [0.05, 0.1) is 35.5 Å². The Morgan fingerprint density at radius 1 is 0.946 bits per heavy atom. The number of anilines is 2. The summed E-state index contributed by atoms with van der Waals surface area (Å²) in [6.07, 6.45) is 1.68. The molecule has 6 aromatic rings. The zero-order chi connectivity index (χ0) is 25.5. The summed E-state index contributed by atoms with van der Waals surface area (Å²) in [7, 11) is 3.11. The summed E-state index contributed by atoms with van der Waals surface area (Å²) in [6.45, 7) is 0. The van der Waals surface area contributed by atoms with Crippen molar-refractivity contribution in [1.82, 2.24) is 14.4 Å². The number of benzene rings is 2. The summed E-state index contributed by atoms with van der Waals surface area (Å²) in [5.74, 6) is 1.06. The highest BCUT2D eigenvalue weighted by molar-refractivity contribution is 7.24. The molecule has 0 aliphatic carbocycles. The number of methoxy groups -OCH3 is 2. The summed E-state index contributed by atoms with van der Waals surface area (Å²) >= 11 is 1.36. The first kappa shape index (κ1) is 22.5. The van der Waals surface area contributed by atoms with E-state index >= 15 is 0 Å². The topological polar surface area (TPSA) is 102 Å². The Balaban J connectivity index is 1.73. The van der Waals surface area contributed by atoms with Crippen molar-refractivity contribution in [1.29, 1.82) is 5.26 Å². The number of pyridine rings is 2. The standard InChI is InChI=1S/C28H19N5O3S/c1-35-19-12-11-16(14-20(19)36-2)23-22-25(31-21-10-6-7-13-33(21)28(22)34)26-24(32-23)18(15-29)27(37-26)30-17-8-4-3-5-9-17/h3-14,30H,1-2H3. The maximum absolute atomic E-state index is 13.8. The van der Waals surface area contributed by atoms with E-state index < -0.39 is 0 Å². The van der Waals surface area contributed by atoms with E-state index in [2.05, 4.69) is 11.4 Å². The number of rotatable bonds is 5. The largest absolute Gasteiger partial charge is 0.493 e. The Labute approximate surface area is 215 Å². The molecule has 0 bridgehead atoms. The lowest BCUT2D eigenvalue weighted by molar-refractivity contribution is 0.355. The second kappa shape index (κ2) is 8.93. The lowest BCUT2D eigenvalue weighted by atomic mass is 10.1. The minimum Gasteiger partial charge on any atom is -0.493 e. The second-order valence-corrected chi connectivity index (χ2v) is 9.21. The molecule has 0 aliphatic rings. The van der Waals surface area contributed by atoms with Gasteiger partial charge in [0, 0.05) is 17.4 Å². The Hall–Kier alpha value is -4.94. The molecule has 2 aromatic carbocycles. The maximum Gasteiger partial charge on any atom is 0.268 e. The van der Waals surface area contributed by atoms with Crippen LogP contribution in [0.5, 0.6) is 11.5 Å². The molecule has 0 fully saturated rings. The molecule has 9 heteroatoms. The summed E-state index contributed by atoms with van der Waals surface area (Å²) in [5, 5.41) is 14.5. The van der Waals surface area contributed by atoms with Gasteiger partial charge in [-0.05, 0) is 42.5 Å². The molecule has 180 valence electrons. The van der Waals surface area contributed by atoms with Crippen LogP contribution in [0.1, 0.15) is 5.56 Å². The number of ether oxygens (including phenoxy) is 2. The zero-order valence-electron chi connectivity index (χ0n) is 19.9. The molecule has 4 heterocycles. The Morgan fingerprint density at radius 2 is 1.73 bits per heavy atom. The molecule has 6 rings (SSSR count). The van der Waals surface area contributed by atoms with Crippen molar-refractivity contribution in [2.75, 3.05) is 19.5 Å². The fourth-order valence-electron chi connectivity index (χ4n) is 4.36. The van der Waals surface area contributed by atoms with Gasteiger partial charge in [-0.25, -0.2) is 9.97 Å². The van der Waals surface area contributed by atoms with Crippen LogP contribution in [0.2, 0.25) is 0 Å². The number of hydrogen-bond acceptors (Lipinski definition) is 8. The normalized spacial score (nSPS) is 11.1. The van der Waals surface area contributed by atoms with Crippen molar-refractivity contribution in [2.45, 2.75) is 0 Å². The number of fused-ring (bicyclic) bond motifs is 4. The number of nitrogens with one attached hydrogen (secondary N) is 1. The molecule has 0 amide bonds. The molecular weight excluding hydrogens is 486 g/mol. The van der Waals surface area contributed by atoms with Crippen molar-refractivity contribution >= 4 is 48.8 Å². The minimum atomic E-state index is -0.246. The number of nitrogens with zero attached hydrogens (tertiary/aromatic N) is 4. The molecule has 0 unspecified atom stereocenters. The molecular formula is C28H19N5O3S. The number of aromatic nitrogens is 3. The van der Waals surface area contributed by atoms with Gasteiger partial charge in [0.2, 0.25) is 0 Å². The van der Waals surface area contributed by atoms with Crippen LogP contribution in [0.25, 0.3) is 38.0 Å². The third-order valence-electron chi connectivity index (χ3n) is 6.09. The van der Waals surface area contributed by atoms with Gasteiger partial charge in [0.25, 0.3) is 5.56 Å². The third kappa shape index (κ3) is 3.63. The van der Waals surface area contributed by atoms with Crippen LogP contribution < -0.4 is 20.3 Å². The third-order valence-corrected chi connectivity index (χ3v) is 7.19. The van der Waals surface area contributed by atoms with E-state index in [0.717, 1.165) is 5.69 Å². The van der Waals surface area contributed by atoms with Crippen molar-refractivity contribution in [3.8, 4) is 28.8 Å². The molecule has 1 N–H and O–H groups in total. The van der Waals surface area contributed by atoms with Gasteiger partial charge >= 0.3 is 0 Å². The zero-order valence-corrected chi connectivity index (χ0v) is 20.7. The van der Waals surface area contributed by atoms with E-state index in [0.29, 0.717) is 60.1 Å². The van der Waals surface area contributed by atoms with E-state index in [1.54, 1.807) is 44.7 Å². The van der Waals surface area contributed by atoms with Crippen molar-refractivity contribution < 1.29 is 9.47 Å². The predicted octanol–water partition coefficient (Wildman–Crippen LogP) is 5.76. The quantitative estimate of drug-likeness (QED) is 0.297. The lowest BCUT2D eigenvalue weighted by Gasteiger charge is -2.12. The van der Waals surface area contributed by atoms with Crippen LogP contribution in [0.3, 0.4) is 0 Å². The van der Waals surface area contributed by atoms with Crippen LogP contribution >= 0.6 is 11.3 Å². The molecule has 0 spiro atoms. The second-order valence-electron chi connectivity index (χ2n) is 8.19. The average Bonchev–Trinajstić information content (AvgIpc) is 3.29. The van der Waals surface area contributed by atoms with Gasteiger partial charge in [0.1, 0.15) is 27.8 Å². The fourth-order valence-corrected chi connectivity index (χ4v) is 5.47. The fraction of sp³-hybridized carbons (Fsp3) is 0.0714. The highest BCUT2D eigenvalue weighted by Crippen LogP contribution is 2.42. The van der Waals surface area contributed by atoms with E-state index in [1.165, 1.54) is 15.7 Å². The summed E-state index contributed by atoms with van der Waals surface area (Å²) in [4.78, 5) is 23.6. The van der Waals surface area contributed by atoms with Crippen LogP contribution in [0.15, 0.2) is 77.7 Å². The predicted molar refractivity (Wildman–Crippen MR) is 145 cm³/mol. The van der Waals surface area contributed by atoms with Gasteiger partial charge in [-0.1, -0.05) is 24.3 Å². The Bertz CT molecular complexity index is 1920. The van der Waals surface area contributed by atoms with Gasteiger partial charge < -0.3 is 14.8 Å². The van der Waals surface area contributed by atoms with Crippen molar-refractivity contribution in [3.63, 3.8) is 0 Å². The minimum absolute atomic E-state index is 0.246. The van der Waals surface area contributed by atoms with E-state index in [-0.39, 0.29) is 5.56 Å². The molecule has 37 heavy (non-hydrogen) atoms. The van der Waals surface area contributed by atoms with Crippen LogP contribution in [-0.4, -0.2) is 28.6 Å². The van der Waals surface area contributed by atoms with Gasteiger partial charge in [-0.2, -0.15) is 5.26 Å². The SMILES string of the molecule is COc1ccc(-c2nc3c(C#N)c(Nc4ccccc4)sc3c3nc4ccccn4c(=O)c23)cc1OC. The average molecular weight is 506 g/mol. The molecule has 0 atom stereocenters. The number of para-hydroxylation sites is 1. The van der Waals surface area contributed by atoms with Gasteiger partial charge in [-0.3, -0.25) is 9.20 Å². The summed E-state index contributed by atoms with van der Waals surface area (Å²) in [5.41, 5.74) is 3.53. The summed E-state index contributed by atoms with van der Waals surface area (Å²) < 4.78 is 13.1. The Kier molecular flexibility index (Phi) is 5.44. The molecule has 8 nitrogen and oxygen atoms in total. The Morgan fingerprint density at radius 3 is 2.49 bits per heavy atom. The monoisotopic (exact) mass is 505 g/mol. The van der Waals surface area contributed by atoms with Gasteiger partial charge in [0.15, 0.2) is 11.5 Å². The number of hydrogen-bond donors (Lipinski definition) is 1. The van der Waals surface area contributed by atoms with Gasteiger partial charge in [-0.15, -0.1) is 11.3 Å². The first-order valence-electron chi connectivity index (χ1n) is 11.3. The maximum atomic E-state index is 13.8. The van der Waals surface area contributed by atoms with E-state index in [4.69, 9.17) is 19.4 Å². The highest BCUT2D eigenvalue weighted by atomic mass is 32.1. The van der Waals surface area contributed by atoms with Crippen LogP contribution in [-0.2, 0) is 0 Å². The van der Waals surface area contributed by atoms with Crippen LogP contribution in [0, 0.1) is 11.3 Å². The number of nitriles is 1. The van der Waals surface area contributed by atoms with E-state index in [9.17, 15) is 10.1 Å². The van der Waals surface area contributed by atoms with Crippen LogP contribution in [0.4, 0.5) is 10.7 Å². The smallest absolute Gasteiger partial charge is 0.268 e. The first-order valence-corrected chi connectivity index (χ1v) is 12.2. The van der Waals surface area contributed by atoms with Crippen molar-refractivity contribution in [2.24, 2.45) is 0 Å². The molecule has 0 saturated carbocycles. The van der Waals surface area contributed by atoms with Crippen molar-refractivity contribution in [3.05, 3.63) is 88.8 Å². The first-order chi connectivity index (χ1) is 18.1. The lowest BCUT2D eigenvalue weighted by Crippen LogP contribution is -2.16. The highest BCUT2D eigenvalue weighted by Gasteiger charge is 2.23. The van der Waals surface area contributed by atoms with E-state index in [1.807, 2.05) is 42.5 Å². The summed E-state index contributed by atoms with van der Waals surface area (Å²) in [6, 6.07) is 22.6. The molecule has 0 radical (unpaired) electrons. The molecule has 0 saturated heterocycles. The molecule has 4 aromatic heterocycles. The molecule has 0 aliphatic heterocycles.